The fourth-order valence-corrected chi connectivity index (χ4v) is 7.51. The lowest BCUT2D eigenvalue weighted by Gasteiger charge is -2.23. The predicted molar refractivity (Wildman–Crippen MR) is 174 cm³/mol. The van der Waals surface area contributed by atoms with Gasteiger partial charge in [0.05, 0.1) is 48.5 Å². The third kappa shape index (κ3) is 5.56. The lowest BCUT2D eigenvalue weighted by molar-refractivity contribution is 0.0113. The van der Waals surface area contributed by atoms with E-state index in [1.165, 1.54) is 0 Å². The quantitative estimate of drug-likeness (QED) is 0.327. The van der Waals surface area contributed by atoms with Gasteiger partial charge in [-0.05, 0) is 57.7 Å². The van der Waals surface area contributed by atoms with Gasteiger partial charge >= 0.3 is 6.09 Å². The number of amides is 2. The third-order valence-electron chi connectivity index (χ3n) is 10.0. The van der Waals surface area contributed by atoms with Gasteiger partial charge in [0.1, 0.15) is 17.2 Å². The molecule has 1 saturated carbocycles. The number of hydrogen-bond acceptors (Lipinski definition) is 10. The van der Waals surface area contributed by atoms with Crippen LogP contribution in [-0.2, 0) is 28.0 Å². The van der Waals surface area contributed by atoms with Crippen molar-refractivity contribution in [3.8, 4) is 11.3 Å². The van der Waals surface area contributed by atoms with E-state index >= 15 is 0 Å². The number of anilines is 3. The van der Waals surface area contributed by atoms with Crippen molar-refractivity contribution in [1.82, 2.24) is 24.8 Å². The number of ether oxygens (including phenoxy) is 2. The molecule has 0 bridgehead atoms. The summed E-state index contributed by atoms with van der Waals surface area (Å²) < 4.78 is 39.5. The van der Waals surface area contributed by atoms with Crippen LogP contribution >= 0.6 is 0 Å². The number of imide groups is 1. The number of carbonyl (C=O) groups excluding carboxylic acids is 2. The molecule has 2 saturated heterocycles. The van der Waals surface area contributed by atoms with Gasteiger partial charge in [-0.1, -0.05) is 6.07 Å². The molecule has 2 amide bonds. The summed E-state index contributed by atoms with van der Waals surface area (Å²) in [6, 6.07) is 5.74. The average Bonchev–Trinajstić information content (AvgIpc) is 3.37. The van der Waals surface area contributed by atoms with Gasteiger partial charge in [0.2, 0.25) is 0 Å². The summed E-state index contributed by atoms with van der Waals surface area (Å²) in [6.07, 6.45) is 5.37. The summed E-state index contributed by atoms with van der Waals surface area (Å²) in [5.41, 5.74) is 4.86. The molecular formula is C35H39F2N7O4. The maximum Gasteiger partial charge on any atom is 0.417 e. The number of fused-ring (bicyclic) bond motifs is 3. The summed E-state index contributed by atoms with van der Waals surface area (Å²) in [4.78, 5) is 44.7. The van der Waals surface area contributed by atoms with Gasteiger partial charge in [-0.25, -0.2) is 28.4 Å². The number of pyridine rings is 3. The van der Waals surface area contributed by atoms with Gasteiger partial charge in [-0.2, -0.15) is 0 Å². The molecule has 3 aromatic rings. The number of nitrogens with zero attached hydrogens (tertiary/aromatic N) is 5. The zero-order valence-electron chi connectivity index (χ0n) is 27.4. The van der Waals surface area contributed by atoms with Crippen LogP contribution < -0.4 is 10.6 Å². The number of carbonyl (C=O) groups is 2. The fourth-order valence-electron chi connectivity index (χ4n) is 7.51. The Morgan fingerprint density at radius 2 is 2.02 bits per heavy atom. The highest BCUT2D eigenvalue weighted by Crippen LogP contribution is 2.57. The van der Waals surface area contributed by atoms with Crippen molar-refractivity contribution >= 4 is 29.3 Å². The van der Waals surface area contributed by atoms with Gasteiger partial charge in [0, 0.05) is 66.9 Å². The van der Waals surface area contributed by atoms with Crippen LogP contribution in [0.5, 0.6) is 0 Å². The van der Waals surface area contributed by atoms with E-state index in [0.29, 0.717) is 47.2 Å². The summed E-state index contributed by atoms with van der Waals surface area (Å²) in [6.45, 7) is 7.54. The molecule has 0 radical (unpaired) electrons. The number of halogens is 2. The molecule has 4 aliphatic heterocycles. The minimum atomic E-state index is -2.72. The van der Waals surface area contributed by atoms with E-state index in [2.05, 4.69) is 15.6 Å². The molecule has 13 heteroatoms. The van der Waals surface area contributed by atoms with E-state index < -0.39 is 23.5 Å². The van der Waals surface area contributed by atoms with Crippen LogP contribution in [-0.4, -0.2) is 81.1 Å². The fraction of sp³-hybridized carbons (Fsp3) is 0.514. The third-order valence-corrected chi connectivity index (χ3v) is 10.0. The molecule has 1 unspecified atom stereocenters. The Morgan fingerprint density at radius 1 is 1.19 bits per heavy atom. The van der Waals surface area contributed by atoms with Crippen LogP contribution in [0.15, 0.2) is 30.6 Å². The van der Waals surface area contributed by atoms with Crippen LogP contribution in [0.2, 0.25) is 0 Å². The normalized spacial score (nSPS) is 22.1. The smallest absolute Gasteiger partial charge is 0.417 e. The van der Waals surface area contributed by atoms with E-state index in [0.717, 1.165) is 53.2 Å². The van der Waals surface area contributed by atoms with Crippen LogP contribution in [0.3, 0.4) is 0 Å². The number of nitrogens with one attached hydrogen (secondary N) is 2. The molecule has 3 aromatic heterocycles. The van der Waals surface area contributed by atoms with Gasteiger partial charge in [-0.3, -0.25) is 14.7 Å². The largest absolute Gasteiger partial charge is 0.443 e. The number of rotatable bonds is 6. The van der Waals surface area contributed by atoms with Crippen molar-refractivity contribution in [3.05, 3.63) is 58.5 Å². The van der Waals surface area contributed by atoms with E-state index in [1.54, 1.807) is 38.1 Å². The molecule has 8 rings (SSSR count). The lowest BCUT2D eigenvalue weighted by Crippen LogP contribution is -2.37. The van der Waals surface area contributed by atoms with Crippen LogP contribution in [0.25, 0.3) is 11.3 Å². The predicted octanol–water partition coefficient (Wildman–Crippen LogP) is 5.98. The minimum Gasteiger partial charge on any atom is -0.443 e. The first-order chi connectivity index (χ1) is 22.9. The maximum absolute atomic E-state index is 14.1. The van der Waals surface area contributed by atoms with Crippen LogP contribution in [0.1, 0.15) is 85.1 Å². The first-order valence-corrected chi connectivity index (χ1v) is 16.6. The molecule has 1 atom stereocenters. The van der Waals surface area contributed by atoms with Gasteiger partial charge in [0.15, 0.2) is 0 Å². The average molecular weight is 660 g/mol. The van der Waals surface area contributed by atoms with Crippen molar-refractivity contribution in [1.29, 1.82) is 0 Å². The zero-order valence-corrected chi connectivity index (χ0v) is 27.4. The first-order valence-electron chi connectivity index (χ1n) is 16.6. The second-order valence-electron chi connectivity index (χ2n) is 14.7. The molecule has 48 heavy (non-hydrogen) atoms. The zero-order chi connectivity index (χ0) is 33.4. The van der Waals surface area contributed by atoms with E-state index in [1.807, 2.05) is 18.2 Å². The van der Waals surface area contributed by atoms with E-state index in [9.17, 15) is 18.4 Å². The van der Waals surface area contributed by atoms with Crippen molar-refractivity contribution in [2.75, 3.05) is 43.5 Å². The number of hydrogen-bond donors (Lipinski definition) is 2. The number of likely N-dealkylation sites (tertiary alicyclic amines) is 1. The van der Waals surface area contributed by atoms with Crippen molar-refractivity contribution in [2.45, 2.75) is 82.4 Å². The SMILES string of the molecule is CC(C)(C)OC(=O)N1Cc2c(-c3ccnc4c3C3(CC3)CN4)ncc(Nc3ccc(C4CCOC4)c(CN4CCC(F)(F)C4)n3)c2C1=O. The summed E-state index contributed by atoms with van der Waals surface area (Å²) in [7, 11) is 0. The molecule has 1 spiro atoms. The molecule has 3 fully saturated rings. The second-order valence-corrected chi connectivity index (χ2v) is 14.7. The Hall–Kier alpha value is -4.23. The van der Waals surface area contributed by atoms with Gasteiger partial charge < -0.3 is 20.1 Å². The summed E-state index contributed by atoms with van der Waals surface area (Å²) >= 11 is 0. The molecule has 7 heterocycles. The number of aromatic nitrogens is 3. The Labute approximate surface area is 277 Å². The Kier molecular flexibility index (Phi) is 7.22. The topological polar surface area (TPSA) is 122 Å². The Morgan fingerprint density at radius 3 is 2.73 bits per heavy atom. The molecular weight excluding hydrogens is 620 g/mol. The maximum atomic E-state index is 14.1. The first kappa shape index (κ1) is 31.1. The Bertz CT molecular complexity index is 1820. The Balaban J connectivity index is 1.18. The van der Waals surface area contributed by atoms with E-state index in [-0.39, 0.29) is 43.9 Å². The van der Waals surface area contributed by atoms with Crippen LogP contribution in [0, 0.1) is 0 Å². The highest BCUT2D eigenvalue weighted by Gasteiger charge is 2.52. The molecule has 1 aliphatic carbocycles. The monoisotopic (exact) mass is 659 g/mol. The number of alkyl halides is 2. The summed E-state index contributed by atoms with van der Waals surface area (Å²) in [5.74, 6) is -1.80. The van der Waals surface area contributed by atoms with Crippen LogP contribution in [0.4, 0.5) is 30.9 Å². The standard InChI is InChI=1S/C35H39F2N7O4/c1-33(2,3)48-32(46)44-15-23-27(31(44)45)24(14-39-29(23)22-6-11-38-30-28(22)34(8-9-34)18-40-30)41-26-5-4-21(20-7-13-47-17-20)25(42-26)16-43-12-10-35(36,37)19-43/h4-6,11,14,20H,7-10,12-13,15-19H2,1-3H3,(H,38,40)(H,41,42). The minimum absolute atomic E-state index is 0.000919. The molecule has 5 aliphatic rings. The molecule has 2 N–H and O–H groups in total. The van der Waals surface area contributed by atoms with Crippen molar-refractivity contribution < 1.29 is 27.8 Å². The highest BCUT2D eigenvalue weighted by molar-refractivity contribution is 6.11. The highest BCUT2D eigenvalue weighted by atomic mass is 19.3. The van der Waals surface area contributed by atoms with Gasteiger partial charge in [0.25, 0.3) is 11.8 Å². The lowest BCUT2D eigenvalue weighted by atomic mass is 9.91. The summed E-state index contributed by atoms with van der Waals surface area (Å²) in [5, 5.41) is 6.74. The second kappa shape index (κ2) is 11.2. The van der Waals surface area contributed by atoms with Crippen molar-refractivity contribution in [3.63, 3.8) is 0 Å². The molecule has 0 aromatic carbocycles. The molecule has 252 valence electrons. The van der Waals surface area contributed by atoms with E-state index in [4.69, 9.17) is 19.4 Å². The van der Waals surface area contributed by atoms with Crippen molar-refractivity contribution in [2.24, 2.45) is 0 Å². The molecule has 11 nitrogen and oxygen atoms in total. The van der Waals surface area contributed by atoms with Gasteiger partial charge in [-0.15, -0.1) is 0 Å².